The monoisotopic (exact) mass is 1620 g/mol. The lowest BCUT2D eigenvalue weighted by Crippen LogP contribution is -2.26. The van der Waals surface area contributed by atoms with Gasteiger partial charge in [-0.05, 0) is 225 Å². The van der Waals surface area contributed by atoms with E-state index < -0.39 is 15.2 Å². The van der Waals surface area contributed by atoms with Crippen LogP contribution in [-0.2, 0) is 44.5 Å². The topological polar surface area (TPSA) is 71.1 Å². The Morgan fingerprint density at radius 1 is 0.410 bits per heavy atom. The molecule has 78 heavy (non-hydrogen) atoms. The number of rotatable bonds is 22. The predicted molar refractivity (Wildman–Crippen MR) is 347 cm³/mol. The maximum atomic E-state index is 13.3. The number of hydrogen-bond acceptors (Lipinski definition) is 6. The highest BCUT2D eigenvalue weighted by Crippen LogP contribution is 2.59. The Balaban J connectivity index is 0.000000231. The largest absolute Gasteiger partial charge is 0.330 e. The minimum absolute atomic E-state index is 0. The van der Waals surface area contributed by atoms with Crippen molar-refractivity contribution in [3.63, 3.8) is 0 Å². The second-order valence-corrected chi connectivity index (χ2v) is 30.3. The standard InChI is InChI=1S/C27H38Br2O6P2.C19H18Br4.C13H8Br2.F2.FH/c1-5-32-36(30,33-6-2)17-9-15-27(16-10-18-37(31,34-7-3)35-8-4)25-19-21(28)11-13-23(25)24-14-12-22(29)20-26(24)27;20-9-1-7-19(8-2-10-21)17-11-13(22)3-5-15(17)16-6-4-14(23)12-18(16)19;14-10-1-3-12-8(6-10)5-9-7-11(15)2-4-13(9)12;1-2;/h11-14,19-20H,5-10,15-18H2,1-4H3;3-6,11-12H,1-2,7-10H2;1-4,6-7H,5H2;;1H. The number of fused-ring (bicyclic) bond motifs is 9. The summed E-state index contributed by atoms with van der Waals surface area (Å²) in [5.41, 5.74) is 16.0. The molecule has 0 heterocycles. The van der Waals surface area contributed by atoms with Gasteiger partial charge >= 0.3 is 15.2 Å². The van der Waals surface area contributed by atoms with Crippen LogP contribution in [0.25, 0.3) is 33.4 Å². The average molecular weight is 1630 g/mol. The van der Waals surface area contributed by atoms with Gasteiger partial charge in [-0.15, -0.1) is 0 Å². The van der Waals surface area contributed by atoms with Crippen molar-refractivity contribution in [1.29, 1.82) is 0 Å². The first-order valence-electron chi connectivity index (χ1n) is 25.8. The van der Waals surface area contributed by atoms with Crippen LogP contribution in [0.15, 0.2) is 136 Å². The van der Waals surface area contributed by atoms with E-state index in [0.717, 1.165) is 47.8 Å². The van der Waals surface area contributed by atoms with Gasteiger partial charge in [0.2, 0.25) is 0 Å². The zero-order valence-electron chi connectivity index (χ0n) is 43.9. The van der Waals surface area contributed by atoms with E-state index in [-0.39, 0.29) is 15.5 Å². The molecule has 0 N–H and O–H groups in total. The van der Waals surface area contributed by atoms with Crippen LogP contribution in [0.3, 0.4) is 0 Å². The maximum absolute atomic E-state index is 13.3. The van der Waals surface area contributed by atoms with Crippen LogP contribution >= 0.6 is 143 Å². The second-order valence-electron chi connectivity index (χ2n) is 18.8. The minimum Gasteiger partial charge on any atom is -0.309 e. The second kappa shape index (κ2) is 31.9. The molecular formula is C59H65Br8F3O6P2. The van der Waals surface area contributed by atoms with E-state index in [0.29, 0.717) is 51.6 Å². The molecule has 0 aliphatic heterocycles. The van der Waals surface area contributed by atoms with Crippen molar-refractivity contribution in [3.05, 3.63) is 169 Å². The Labute approximate surface area is 526 Å². The molecule has 6 aromatic rings. The van der Waals surface area contributed by atoms with E-state index >= 15 is 0 Å². The quantitative estimate of drug-likeness (QED) is 0.0497. The van der Waals surface area contributed by atoms with Crippen LogP contribution in [0.4, 0.5) is 13.9 Å². The summed E-state index contributed by atoms with van der Waals surface area (Å²) in [6.45, 7) is 8.72. The molecule has 0 fully saturated rings. The minimum atomic E-state index is -3.17. The zero-order valence-corrected chi connectivity index (χ0v) is 58.4. The van der Waals surface area contributed by atoms with Crippen molar-refractivity contribution in [2.75, 3.05) is 49.4 Å². The van der Waals surface area contributed by atoms with Crippen LogP contribution in [-0.4, -0.2) is 49.4 Å². The fourth-order valence-corrected chi connectivity index (χ4v) is 17.5. The first kappa shape index (κ1) is 68.0. The van der Waals surface area contributed by atoms with Crippen molar-refractivity contribution >= 4 is 143 Å². The molecule has 0 atom stereocenters. The zero-order chi connectivity index (χ0) is 56.0. The summed E-state index contributed by atoms with van der Waals surface area (Å²) in [6.07, 6.45) is 9.27. The van der Waals surface area contributed by atoms with Gasteiger partial charge in [-0.3, -0.25) is 13.8 Å². The summed E-state index contributed by atoms with van der Waals surface area (Å²) in [6, 6.07) is 39.4. The lowest BCUT2D eigenvalue weighted by Gasteiger charge is -2.33. The van der Waals surface area contributed by atoms with Crippen molar-refractivity contribution < 1.29 is 41.1 Å². The maximum Gasteiger partial charge on any atom is 0.330 e. The summed E-state index contributed by atoms with van der Waals surface area (Å²) >= 11 is 29.0. The number of alkyl halides is 2. The molecule has 3 aliphatic rings. The SMILES string of the molecule is BrCCCC1(CCCBr)c2cc(Br)ccc2-c2ccc(Br)cc21.Brc1ccc2c(c1)Cc1cc(Br)ccc1-2.CCOP(=O)(CCCC1(CCCP(=O)(OCC)OCC)c2cc(Br)ccc2-c2ccc(Br)cc21)OCC.F.FF. The molecule has 6 aromatic carbocycles. The first-order chi connectivity index (χ1) is 37.0. The van der Waals surface area contributed by atoms with Gasteiger partial charge < -0.3 is 18.1 Å². The number of benzene rings is 6. The van der Waals surface area contributed by atoms with E-state index in [1.165, 1.54) is 101 Å². The molecule has 6 nitrogen and oxygen atoms in total. The molecule has 0 aromatic heterocycles. The lowest BCUT2D eigenvalue weighted by molar-refractivity contribution is 0.108. The molecule has 0 amide bonds. The Morgan fingerprint density at radius 2 is 0.654 bits per heavy atom. The van der Waals surface area contributed by atoms with Crippen molar-refractivity contribution in [2.24, 2.45) is 0 Å². The molecule has 424 valence electrons. The molecule has 9 rings (SSSR count). The molecule has 0 unspecified atom stereocenters. The van der Waals surface area contributed by atoms with E-state index in [1.54, 1.807) is 0 Å². The smallest absolute Gasteiger partial charge is 0.309 e. The van der Waals surface area contributed by atoms with Gasteiger partial charge in [-0.2, -0.15) is 0 Å². The summed E-state index contributed by atoms with van der Waals surface area (Å²) in [5, 5.41) is 2.10. The Hall–Kier alpha value is -0.750. The van der Waals surface area contributed by atoms with Gasteiger partial charge in [0.15, 0.2) is 0 Å². The summed E-state index contributed by atoms with van der Waals surface area (Å²) in [4.78, 5) is 0. The van der Waals surface area contributed by atoms with E-state index in [2.05, 4.69) is 237 Å². The third kappa shape index (κ3) is 16.4. The third-order valence-corrected chi connectivity index (χ3v) is 22.6. The Bertz CT molecular complexity index is 2840. The van der Waals surface area contributed by atoms with E-state index in [4.69, 9.17) is 27.2 Å². The van der Waals surface area contributed by atoms with Gasteiger partial charge in [0.25, 0.3) is 0 Å². The summed E-state index contributed by atoms with van der Waals surface area (Å²) < 4.78 is 71.5. The molecule has 0 spiro atoms. The first-order valence-corrected chi connectivity index (χ1v) is 36.3. The van der Waals surface area contributed by atoms with E-state index in [9.17, 15) is 9.13 Å². The van der Waals surface area contributed by atoms with Crippen molar-refractivity contribution in [2.45, 2.75) is 96.3 Å². The molecule has 3 aliphatic carbocycles. The predicted octanol–water partition coefficient (Wildman–Crippen LogP) is 23.2. The van der Waals surface area contributed by atoms with Crippen LogP contribution in [0.2, 0.25) is 0 Å². The van der Waals surface area contributed by atoms with Crippen LogP contribution in [0.5, 0.6) is 0 Å². The number of hydrogen-bond donors (Lipinski definition) is 0. The molecule has 0 saturated carbocycles. The van der Waals surface area contributed by atoms with Gasteiger partial charge in [0, 0.05) is 57.5 Å². The summed E-state index contributed by atoms with van der Waals surface area (Å²) in [5.74, 6) is 0. The molecular weight excluding hydrogens is 1560 g/mol. The van der Waals surface area contributed by atoms with Crippen LogP contribution in [0, 0.1) is 0 Å². The van der Waals surface area contributed by atoms with Gasteiger partial charge in [-0.25, -0.2) is 0 Å². The van der Waals surface area contributed by atoms with Crippen LogP contribution in [0.1, 0.15) is 112 Å². The Kier molecular flexibility index (Phi) is 27.9. The van der Waals surface area contributed by atoms with Gasteiger partial charge in [-0.1, -0.05) is 164 Å². The van der Waals surface area contributed by atoms with Gasteiger partial charge in [0.1, 0.15) is 0 Å². The fourth-order valence-electron chi connectivity index (χ4n) is 11.4. The highest BCUT2D eigenvalue weighted by atomic mass is 79.9. The number of halogens is 11. The molecule has 0 bridgehead atoms. The van der Waals surface area contributed by atoms with E-state index in [1.807, 2.05) is 27.7 Å². The highest BCUT2D eigenvalue weighted by Gasteiger charge is 2.45. The highest BCUT2D eigenvalue weighted by molar-refractivity contribution is 9.11. The normalized spacial score (nSPS) is 13.7. The average Bonchev–Trinajstić information content (AvgIpc) is 4.06. The molecule has 19 heteroatoms. The Morgan fingerprint density at radius 3 is 0.910 bits per heavy atom. The molecule has 0 saturated heterocycles. The van der Waals surface area contributed by atoms with Crippen molar-refractivity contribution in [3.8, 4) is 33.4 Å². The van der Waals surface area contributed by atoms with Crippen LogP contribution < -0.4 is 0 Å². The molecule has 0 radical (unpaired) electrons. The fraction of sp³-hybridized carbons (Fsp3) is 0.390. The lowest BCUT2D eigenvalue weighted by atomic mass is 9.71. The summed E-state index contributed by atoms with van der Waals surface area (Å²) in [7, 11) is -6.34. The third-order valence-electron chi connectivity index (χ3n) is 14.2. The van der Waals surface area contributed by atoms with Crippen molar-refractivity contribution in [1.82, 2.24) is 0 Å². The van der Waals surface area contributed by atoms with Gasteiger partial charge in [0.05, 0.1) is 38.8 Å².